The molecule has 0 saturated carbocycles. The third-order valence-corrected chi connectivity index (χ3v) is 6.81. The minimum atomic E-state index is -0.180. The summed E-state index contributed by atoms with van der Waals surface area (Å²) < 4.78 is 11.2. The number of halogens is 1. The molecule has 3 aromatic rings. The zero-order chi connectivity index (χ0) is 24.2. The van der Waals surface area contributed by atoms with Crippen LogP contribution in [0.3, 0.4) is 0 Å². The second kappa shape index (κ2) is 10.5. The Labute approximate surface area is 206 Å². The van der Waals surface area contributed by atoms with E-state index in [9.17, 15) is 4.79 Å². The maximum atomic E-state index is 13.1. The number of aryl methyl sites for hydroxylation is 1. The second-order valence-corrected chi connectivity index (χ2v) is 9.21. The molecule has 0 fully saturated rings. The SMILES string of the molecule is COc1cc2c(cc1OC)[C@H]([C@@H](C)NC(=O)c1ccccc1Cl)N(Cc1ccc(C)cc1)CC2. The smallest absolute Gasteiger partial charge is 0.253 e. The molecular formula is C28H31ClN2O3. The first kappa shape index (κ1) is 24.1. The van der Waals surface area contributed by atoms with Gasteiger partial charge in [-0.05, 0) is 61.2 Å². The predicted molar refractivity (Wildman–Crippen MR) is 136 cm³/mol. The molecular weight excluding hydrogens is 448 g/mol. The molecule has 4 rings (SSSR count). The average Bonchev–Trinajstić information content (AvgIpc) is 2.84. The highest BCUT2D eigenvalue weighted by atomic mass is 35.5. The number of fused-ring (bicyclic) bond motifs is 1. The lowest BCUT2D eigenvalue weighted by Gasteiger charge is -2.41. The first-order chi connectivity index (χ1) is 16.4. The summed E-state index contributed by atoms with van der Waals surface area (Å²) in [5.41, 5.74) is 5.31. The zero-order valence-corrected chi connectivity index (χ0v) is 20.9. The van der Waals surface area contributed by atoms with E-state index in [1.807, 2.05) is 19.1 Å². The standard InChI is InChI=1S/C28H31ClN2O3/c1-18-9-11-20(12-10-18)17-31-14-13-21-15-25(33-3)26(34-4)16-23(21)27(31)19(2)30-28(32)22-7-5-6-8-24(22)29/h5-12,15-16,19,27H,13-14,17H2,1-4H3,(H,30,32)/t19-,27+/m1/s1. The van der Waals surface area contributed by atoms with Crippen molar-refractivity contribution in [2.75, 3.05) is 20.8 Å². The number of nitrogens with zero attached hydrogens (tertiary/aromatic N) is 1. The van der Waals surface area contributed by atoms with Crippen LogP contribution >= 0.6 is 11.6 Å². The Balaban J connectivity index is 1.69. The van der Waals surface area contributed by atoms with E-state index in [4.69, 9.17) is 21.1 Å². The van der Waals surface area contributed by atoms with Crippen LogP contribution in [0.25, 0.3) is 0 Å². The summed E-state index contributed by atoms with van der Waals surface area (Å²) in [5, 5.41) is 3.65. The first-order valence-electron chi connectivity index (χ1n) is 11.5. The Bertz CT molecular complexity index is 1160. The van der Waals surface area contributed by atoms with Crippen molar-refractivity contribution in [1.82, 2.24) is 10.2 Å². The van der Waals surface area contributed by atoms with E-state index in [-0.39, 0.29) is 18.0 Å². The molecule has 2 atom stereocenters. The molecule has 1 amide bonds. The van der Waals surface area contributed by atoms with Gasteiger partial charge in [0.2, 0.25) is 0 Å². The van der Waals surface area contributed by atoms with Crippen molar-refractivity contribution >= 4 is 17.5 Å². The lowest BCUT2D eigenvalue weighted by Crippen LogP contribution is -2.47. The van der Waals surface area contributed by atoms with Gasteiger partial charge in [-0.2, -0.15) is 0 Å². The molecule has 0 aromatic heterocycles. The summed E-state index contributed by atoms with van der Waals surface area (Å²) in [6.45, 7) is 5.79. The van der Waals surface area contributed by atoms with Crippen molar-refractivity contribution < 1.29 is 14.3 Å². The minimum Gasteiger partial charge on any atom is -0.493 e. The van der Waals surface area contributed by atoms with Gasteiger partial charge in [0.15, 0.2) is 11.5 Å². The number of carbonyl (C=O) groups is 1. The van der Waals surface area contributed by atoms with Gasteiger partial charge in [0.25, 0.3) is 5.91 Å². The number of hydrogen-bond donors (Lipinski definition) is 1. The monoisotopic (exact) mass is 478 g/mol. The Morgan fingerprint density at radius 3 is 2.44 bits per heavy atom. The molecule has 34 heavy (non-hydrogen) atoms. The lowest BCUT2D eigenvalue weighted by atomic mass is 9.87. The van der Waals surface area contributed by atoms with Crippen LogP contribution in [0.2, 0.25) is 5.02 Å². The van der Waals surface area contributed by atoms with E-state index >= 15 is 0 Å². The van der Waals surface area contributed by atoms with Gasteiger partial charge in [-0.25, -0.2) is 0 Å². The van der Waals surface area contributed by atoms with Crippen molar-refractivity contribution in [1.29, 1.82) is 0 Å². The summed E-state index contributed by atoms with van der Waals surface area (Å²) >= 11 is 6.29. The summed E-state index contributed by atoms with van der Waals surface area (Å²) in [7, 11) is 3.30. The summed E-state index contributed by atoms with van der Waals surface area (Å²) in [5.74, 6) is 1.23. The molecule has 178 valence electrons. The van der Waals surface area contributed by atoms with Gasteiger partial charge in [-0.3, -0.25) is 9.69 Å². The van der Waals surface area contributed by atoms with Crippen molar-refractivity contribution in [3.05, 3.63) is 93.5 Å². The van der Waals surface area contributed by atoms with Crippen LogP contribution in [0, 0.1) is 6.92 Å². The molecule has 1 aliphatic rings. The molecule has 0 unspecified atom stereocenters. The zero-order valence-electron chi connectivity index (χ0n) is 20.1. The molecule has 0 aliphatic carbocycles. The van der Waals surface area contributed by atoms with E-state index in [1.165, 1.54) is 16.7 Å². The number of benzene rings is 3. The van der Waals surface area contributed by atoms with E-state index in [0.717, 1.165) is 30.8 Å². The van der Waals surface area contributed by atoms with Gasteiger partial charge >= 0.3 is 0 Å². The van der Waals surface area contributed by atoms with Crippen LogP contribution in [-0.4, -0.2) is 37.6 Å². The van der Waals surface area contributed by atoms with Crippen molar-refractivity contribution in [3.63, 3.8) is 0 Å². The molecule has 1 heterocycles. The summed E-state index contributed by atoms with van der Waals surface area (Å²) in [6, 6.07) is 19.6. The van der Waals surface area contributed by atoms with Gasteiger partial charge in [-0.1, -0.05) is 53.6 Å². The molecule has 0 saturated heterocycles. The fraction of sp³-hybridized carbons (Fsp3) is 0.321. The van der Waals surface area contributed by atoms with Crippen LogP contribution < -0.4 is 14.8 Å². The predicted octanol–water partition coefficient (Wildman–Crippen LogP) is 5.58. The molecule has 5 nitrogen and oxygen atoms in total. The van der Waals surface area contributed by atoms with Crippen LogP contribution in [0.1, 0.15) is 45.6 Å². The first-order valence-corrected chi connectivity index (χ1v) is 11.9. The van der Waals surface area contributed by atoms with E-state index in [1.54, 1.807) is 26.4 Å². The van der Waals surface area contributed by atoms with Crippen LogP contribution in [0.5, 0.6) is 11.5 Å². The van der Waals surface area contributed by atoms with Gasteiger partial charge in [-0.15, -0.1) is 0 Å². The number of rotatable bonds is 7. The number of hydrogen-bond acceptors (Lipinski definition) is 4. The minimum absolute atomic E-state index is 0.0451. The number of carbonyl (C=O) groups excluding carboxylic acids is 1. The fourth-order valence-corrected chi connectivity index (χ4v) is 4.95. The van der Waals surface area contributed by atoms with Gasteiger partial charge < -0.3 is 14.8 Å². The van der Waals surface area contributed by atoms with Crippen molar-refractivity contribution in [2.45, 2.75) is 38.9 Å². The van der Waals surface area contributed by atoms with Gasteiger partial charge in [0, 0.05) is 19.1 Å². The molecule has 1 N–H and O–H groups in total. The number of ether oxygens (including phenoxy) is 2. The Kier molecular flexibility index (Phi) is 7.44. The van der Waals surface area contributed by atoms with E-state index in [2.05, 4.69) is 53.5 Å². The molecule has 1 aliphatic heterocycles. The Morgan fingerprint density at radius 2 is 1.76 bits per heavy atom. The molecule has 0 radical (unpaired) electrons. The second-order valence-electron chi connectivity index (χ2n) is 8.80. The highest BCUT2D eigenvalue weighted by Gasteiger charge is 2.34. The summed E-state index contributed by atoms with van der Waals surface area (Å²) in [6.07, 6.45) is 0.892. The highest BCUT2D eigenvalue weighted by molar-refractivity contribution is 6.33. The molecule has 3 aromatic carbocycles. The van der Waals surface area contributed by atoms with Crippen molar-refractivity contribution in [2.24, 2.45) is 0 Å². The maximum Gasteiger partial charge on any atom is 0.253 e. The summed E-state index contributed by atoms with van der Waals surface area (Å²) in [4.78, 5) is 15.5. The Morgan fingerprint density at radius 1 is 1.09 bits per heavy atom. The third kappa shape index (κ3) is 5.06. The highest BCUT2D eigenvalue weighted by Crippen LogP contribution is 2.40. The van der Waals surface area contributed by atoms with Crippen molar-refractivity contribution in [3.8, 4) is 11.5 Å². The third-order valence-electron chi connectivity index (χ3n) is 6.48. The fourth-order valence-electron chi connectivity index (χ4n) is 4.73. The van der Waals surface area contributed by atoms with Crippen LogP contribution in [-0.2, 0) is 13.0 Å². The number of amides is 1. The average molecular weight is 479 g/mol. The largest absolute Gasteiger partial charge is 0.493 e. The topological polar surface area (TPSA) is 50.8 Å². The number of methoxy groups -OCH3 is 2. The van der Waals surface area contributed by atoms with Gasteiger partial charge in [0.05, 0.1) is 30.8 Å². The van der Waals surface area contributed by atoms with E-state index in [0.29, 0.717) is 16.3 Å². The van der Waals surface area contributed by atoms with E-state index < -0.39 is 0 Å². The molecule has 6 heteroatoms. The normalized spacial score (nSPS) is 16.4. The quantitative estimate of drug-likeness (QED) is 0.481. The molecule has 0 bridgehead atoms. The Hall–Kier alpha value is -3.02. The lowest BCUT2D eigenvalue weighted by molar-refractivity contribution is 0.0877. The van der Waals surface area contributed by atoms with Crippen LogP contribution in [0.15, 0.2) is 60.7 Å². The van der Waals surface area contributed by atoms with Crippen LogP contribution in [0.4, 0.5) is 0 Å². The van der Waals surface area contributed by atoms with Gasteiger partial charge in [0.1, 0.15) is 0 Å². The number of nitrogens with one attached hydrogen (secondary N) is 1. The molecule has 0 spiro atoms. The maximum absolute atomic E-state index is 13.1.